The minimum Gasteiger partial charge on any atom is -0.469 e. The van der Waals surface area contributed by atoms with Gasteiger partial charge < -0.3 is 10.1 Å². The van der Waals surface area contributed by atoms with Gasteiger partial charge in [-0.3, -0.25) is 9.59 Å². The van der Waals surface area contributed by atoms with E-state index >= 15 is 0 Å². The van der Waals surface area contributed by atoms with Gasteiger partial charge in [-0.1, -0.05) is 51.3 Å². The molecular weight excluding hydrogens is 419 g/mol. The molecule has 8 heteroatoms. The third-order valence-electron chi connectivity index (χ3n) is 3.20. The maximum absolute atomic E-state index is 12.5. The molecule has 1 amide bonds. The number of halogens is 3. The first-order valence-corrected chi connectivity index (χ1v) is 8.40. The second kappa shape index (κ2) is 8.46. The molecule has 1 unspecified atom stereocenters. The molecule has 5 nitrogen and oxygen atoms in total. The Kier molecular flexibility index (Phi) is 6.60. The highest BCUT2D eigenvalue weighted by molar-refractivity contribution is 9.10. The summed E-state index contributed by atoms with van der Waals surface area (Å²) >= 11 is 15.1. The van der Waals surface area contributed by atoms with Crippen LogP contribution in [0, 0.1) is 0 Å². The summed E-state index contributed by atoms with van der Waals surface area (Å²) in [5.74, 6) is -0.979. The van der Waals surface area contributed by atoms with Crippen molar-refractivity contribution in [3.63, 3.8) is 0 Å². The van der Waals surface area contributed by atoms with E-state index in [1.165, 1.54) is 19.2 Å². The molecule has 1 aromatic heterocycles. The van der Waals surface area contributed by atoms with Crippen LogP contribution in [0.2, 0.25) is 10.2 Å². The van der Waals surface area contributed by atoms with Crippen molar-refractivity contribution in [3.05, 3.63) is 62.3 Å². The summed E-state index contributed by atoms with van der Waals surface area (Å²) in [6.07, 6.45) is -0.0257. The first-order valence-electron chi connectivity index (χ1n) is 6.86. The van der Waals surface area contributed by atoms with Gasteiger partial charge in [0.15, 0.2) is 0 Å². The molecule has 0 fully saturated rings. The summed E-state index contributed by atoms with van der Waals surface area (Å²) < 4.78 is 5.58. The van der Waals surface area contributed by atoms with Gasteiger partial charge in [-0.2, -0.15) is 0 Å². The molecule has 0 saturated heterocycles. The fourth-order valence-corrected chi connectivity index (χ4v) is 2.60. The highest BCUT2D eigenvalue weighted by atomic mass is 79.9. The van der Waals surface area contributed by atoms with Gasteiger partial charge in [-0.15, -0.1) is 0 Å². The van der Waals surface area contributed by atoms with Crippen LogP contribution in [0.5, 0.6) is 0 Å². The quantitative estimate of drug-likeness (QED) is 0.569. The van der Waals surface area contributed by atoms with Crippen molar-refractivity contribution < 1.29 is 14.3 Å². The molecule has 2 aromatic rings. The molecule has 0 aliphatic carbocycles. The number of nitrogens with one attached hydrogen (secondary N) is 1. The van der Waals surface area contributed by atoms with Crippen LogP contribution in [-0.2, 0) is 9.53 Å². The average Bonchev–Trinajstić information content (AvgIpc) is 2.56. The number of esters is 1. The largest absolute Gasteiger partial charge is 0.469 e. The molecule has 1 atom stereocenters. The van der Waals surface area contributed by atoms with Crippen LogP contribution in [0.3, 0.4) is 0 Å². The minimum absolute atomic E-state index is 0.00357. The zero-order valence-electron chi connectivity index (χ0n) is 12.6. The van der Waals surface area contributed by atoms with Gasteiger partial charge in [0.05, 0.1) is 24.6 Å². The Morgan fingerprint density at radius 3 is 2.50 bits per heavy atom. The van der Waals surface area contributed by atoms with Gasteiger partial charge in [0.1, 0.15) is 10.8 Å². The van der Waals surface area contributed by atoms with Crippen molar-refractivity contribution in [2.75, 3.05) is 7.11 Å². The lowest BCUT2D eigenvalue weighted by atomic mass is 10.0. The predicted octanol–water partition coefficient (Wildman–Crippen LogP) is 4.19. The zero-order valence-corrected chi connectivity index (χ0v) is 15.7. The molecular formula is C16H13BrCl2N2O3. The maximum atomic E-state index is 12.5. The molecule has 1 heterocycles. The standard InChI is InChI=1S/C16H13BrCl2N2O3/c1-24-14(22)8-12(9-2-4-10(17)5-3-9)20-16(23)15-11(18)6-7-13(19)21-15/h2-7,12H,8H2,1H3,(H,20,23). The number of amides is 1. The number of ether oxygens (including phenoxy) is 1. The van der Waals surface area contributed by atoms with E-state index in [0.717, 1.165) is 10.0 Å². The molecule has 0 aliphatic heterocycles. The minimum atomic E-state index is -0.588. The number of hydrogen-bond acceptors (Lipinski definition) is 4. The molecule has 0 radical (unpaired) electrons. The SMILES string of the molecule is COC(=O)CC(NC(=O)c1nc(Cl)ccc1Cl)c1ccc(Br)cc1. The van der Waals surface area contributed by atoms with Crippen molar-refractivity contribution in [2.45, 2.75) is 12.5 Å². The molecule has 2 rings (SSSR count). The van der Waals surface area contributed by atoms with Gasteiger partial charge >= 0.3 is 5.97 Å². The lowest BCUT2D eigenvalue weighted by Crippen LogP contribution is -2.31. The summed E-state index contributed by atoms with van der Waals surface area (Å²) in [5, 5.41) is 3.06. The Morgan fingerprint density at radius 1 is 1.21 bits per heavy atom. The van der Waals surface area contributed by atoms with Crippen LogP contribution in [0.1, 0.15) is 28.5 Å². The van der Waals surface area contributed by atoms with E-state index in [1.54, 1.807) is 12.1 Å². The number of carbonyl (C=O) groups is 2. The molecule has 24 heavy (non-hydrogen) atoms. The summed E-state index contributed by atoms with van der Waals surface area (Å²) in [6.45, 7) is 0. The summed E-state index contributed by atoms with van der Waals surface area (Å²) in [6, 6.07) is 9.61. The van der Waals surface area contributed by atoms with Crippen molar-refractivity contribution in [2.24, 2.45) is 0 Å². The Hall–Kier alpha value is -1.63. The van der Waals surface area contributed by atoms with E-state index < -0.39 is 17.9 Å². The first kappa shape index (κ1) is 18.7. The lowest BCUT2D eigenvalue weighted by Gasteiger charge is -2.18. The highest BCUT2D eigenvalue weighted by Gasteiger charge is 2.22. The fourth-order valence-electron chi connectivity index (χ4n) is 2.00. The number of carbonyl (C=O) groups excluding carboxylic acids is 2. The summed E-state index contributed by atoms with van der Waals surface area (Å²) in [5.41, 5.74) is 0.742. The molecule has 1 aromatic carbocycles. The lowest BCUT2D eigenvalue weighted by molar-refractivity contribution is -0.141. The van der Waals surface area contributed by atoms with Gasteiger partial charge in [-0.25, -0.2) is 4.98 Å². The van der Waals surface area contributed by atoms with E-state index in [0.29, 0.717) is 0 Å². The van der Waals surface area contributed by atoms with Crippen molar-refractivity contribution in [3.8, 4) is 0 Å². The number of pyridine rings is 1. The number of nitrogens with zero attached hydrogens (tertiary/aromatic N) is 1. The number of hydrogen-bond donors (Lipinski definition) is 1. The Labute approximate surface area is 157 Å². The summed E-state index contributed by atoms with van der Waals surface area (Å²) in [4.78, 5) is 28.0. The smallest absolute Gasteiger partial charge is 0.307 e. The molecule has 0 aliphatic rings. The highest BCUT2D eigenvalue weighted by Crippen LogP contribution is 2.22. The van der Waals surface area contributed by atoms with E-state index in [-0.39, 0.29) is 22.3 Å². The second-order valence-corrected chi connectivity index (χ2v) is 6.53. The van der Waals surface area contributed by atoms with E-state index in [2.05, 4.69) is 26.2 Å². The van der Waals surface area contributed by atoms with Gasteiger partial charge in [0, 0.05) is 4.47 Å². The topological polar surface area (TPSA) is 68.3 Å². The van der Waals surface area contributed by atoms with Crippen LogP contribution in [0.4, 0.5) is 0 Å². The monoisotopic (exact) mass is 430 g/mol. The van der Waals surface area contributed by atoms with Gasteiger partial charge in [-0.05, 0) is 29.8 Å². The van der Waals surface area contributed by atoms with E-state index in [4.69, 9.17) is 27.9 Å². The molecule has 1 N–H and O–H groups in total. The first-order chi connectivity index (χ1) is 11.4. The van der Waals surface area contributed by atoms with E-state index in [1.807, 2.05) is 12.1 Å². The Morgan fingerprint density at radius 2 is 1.88 bits per heavy atom. The van der Waals surface area contributed by atoms with Crippen molar-refractivity contribution in [1.29, 1.82) is 0 Å². The predicted molar refractivity (Wildman–Crippen MR) is 95.2 cm³/mol. The van der Waals surface area contributed by atoms with Crippen molar-refractivity contribution >= 4 is 51.0 Å². The molecule has 0 bridgehead atoms. The van der Waals surface area contributed by atoms with Crippen LogP contribution >= 0.6 is 39.1 Å². The number of rotatable bonds is 5. The zero-order chi connectivity index (χ0) is 17.7. The fraction of sp³-hybridized carbons (Fsp3) is 0.188. The Bertz CT molecular complexity index is 753. The van der Waals surface area contributed by atoms with Crippen LogP contribution in [-0.4, -0.2) is 24.0 Å². The molecule has 126 valence electrons. The van der Waals surface area contributed by atoms with Gasteiger partial charge in [0.25, 0.3) is 5.91 Å². The average molecular weight is 432 g/mol. The Balaban J connectivity index is 2.27. The van der Waals surface area contributed by atoms with E-state index in [9.17, 15) is 9.59 Å². The molecule has 0 spiro atoms. The van der Waals surface area contributed by atoms with Crippen LogP contribution < -0.4 is 5.32 Å². The molecule has 0 saturated carbocycles. The van der Waals surface area contributed by atoms with Crippen molar-refractivity contribution in [1.82, 2.24) is 10.3 Å². The maximum Gasteiger partial charge on any atom is 0.307 e. The van der Waals surface area contributed by atoms with Gasteiger partial charge in [0.2, 0.25) is 0 Å². The summed E-state index contributed by atoms with van der Waals surface area (Å²) in [7, 11) is 1.29. The number of methoxy groups -OCH3 is 1. The van der Waals surface area contributed by atoms with Crippen LogP contribution in [0.15, 0.2) is 40.9 Å². The third kappa shape index (κ3) is 4.93. The third-order valence-corrected chi connectivity index (χ3v) is 4.25. The number of benzene rings is 1. The number of aromatic nitrogens is 1. The second-order valence-electron chi connectivity index (χ2n) is 4.82. The normalized spacial score (nSPS) is 11.7. The van der Waals surface area contributed by atoms with Crippen LogP contribution in [0.25, 0.3) is 0 Å².